The highest BCUT2D eigenvalue weighted by atomic mass is 16.3. The van der Waals surface area contributed by atoms with E-state index in [0.29, 0.717) is 6.54 Å². The predicted octanol–water partition coefficient (Wildman–Crippen LogP) is 1.09. The van der Waals surface area contributed by atoms with E-state index < -0.39 is 0 Å². The molecular weight excluding hydrogens is 216 g/mol. The third-order valence-corrected chi connectivity index (χ3v) is 3.47. The zero-order valence-corrected chi connectivity index (χ0v) is 11.2. The summed E-state index contributed by atoms with van der Waals surface area (Å²) < 4.78 is 0. The second-order valence-corrected chi connectivity index (χ2v) is 4.82. The molecule has 1 atom stereocenters. The van der Waals surface area contributed by atoms with Crippen LogP contribution >= 0.6 is 0 Å². The number of aliphatic hydroxyl groups excluding tert-OH is 1. The first-order valence-corrected chi connectivity index (χ1v) is 6.84. The van der Waals surface area contributed by atoms with Gasteiger partial charge in [0.25, 0.3) is 0 Å². The normalized spacial score (nSPS) is 18.5. The number of piperidine rings is 1. The van der Waals surface area contributed by atoms with Crippen molar-refractivity contribution in [1.29, 1.82) is 0 Å². The fourth-order valence-electron chi connectivity index (χ4n) is 2.45. The monoisotopic (exact) mass is 242 g/mol. The van der Waals surface area contributed by atoms with Crippen molar-refractivity contribution in [3.63, 3.8) is 0 Å². The molecule has 0 saturated carbocycles. The maximum atomic E-state index is 12.3. The van der Waals surface area contributed by atoms with Crippen LogP contribution in [0.15, 0.2) is 0 Å². The van der Waals surface area contributed by atoms with Gasteiger partial charge in [-0.15, -0.1) is 0 Å². The molecule has 0 aromatic heterocycles. The van der Waals surface area contributed by atoms with Crippen LogP contribution in [0.25, 0.3) is 0 Å². The van der Waals surface area contributed by atoms with Crippen LogP contribution < -0.4 is 0 Å². The largest absolute Gasteiger partial charge is 0.395 e. The number of hydrogen-bond donors (Lipinski definition) is 1. The van der Waals surface area contributed by atoms with Crippen molar-refractivity contribution < 1.29 is 9.90 Å². The minimum absolute atomic E-state index is 0.0970. The van der Waals surface area contributed by atoms with Crippen LogP contribution in [0, 0.1) is 0 Å². The van der Waals surface area contributed by atoms with Crippen molar-refractivity contribution in [1.82, 2.24) is 9.80 Å². The van der Waals surface area contributed by atoms with E-state index in [0.717, 1.165) is 38.9 Å². The zero-order valence-electron chi connectivity index (χ0n) is 11.2. The molecule has 17 heavy (non-hydrogen) atoms. The Morgan fingerprint density at radius 2 is 1.94 bits per heavy atom. The molecule has 0 bridgehead atoms. The van der Waals surface area contributed by atoms with E-state index in [-0.39, 0.29) is 18.6 Å². The number of carbonyl (C=O) groups excluding carboxylic acids is 1. The first-order chi connectivity index (χ1) is 8.20. The van der Waals surface area contributed by atoms with Gasteiger partial charge in [-0.3, -0.25) is 9.69 Å². The molecule has 0 spiro atoms. The molecular formula is C13H26N2O2. The molecule has 4 nitrogen and oxygen atoms in total. The molecule has 1 unspecified atom stereocenters. The maximum Gasteiger partial charge on any atom is 0.239 e. The first kappa shape index (κ1) is 14.5. The maximum absolute atomic E-state index is 12.3. The first-order valence-electron chi connectivity index (χ1n) is 6.84. The Hall–Kier alpha value is -0.610. The number of likely N-dealkylation sites (tertiary alicyclic amines) is 1. The molecule has 1 N–H and O–H groups in total. The average molecular weight is 242 g/mol. The third kappa shape index (κ3) is 4.28. The lowest BCUT2D eigenvalue weighted by Crippen LogP contribution is -2.49. The lowest BCUT2D eigenvalue weighted by molar-refractivity contribution is -0.137. The number of rotatable bonds is 6. The number of nitrogens with zero attached hydrogens (tertiary/aromatic N) is 2. The summed E-state index contributed by atoms with van der Waals surface area (Å²) in [6.45, 7) is 7.46. The van der Waals surface area contributed by atoms with Crippen LogP contribution in [-0.4, -0.2) is 59.6 Å². The van der Waals surface area contributed by atoms with Crippen LogP contribution in [0.3, 0.4) is 0 Å². The molecule has 1 saturated heterocycles. The topological polar surface area (TPSA) is 43.8 Å². The van der Waals surface area contributed by atoms with Crippen molar-refractivity contribution in [2.24, 2.45) is 0 Å². The van der Waals surface area contributed by atoms with Crippen molar-refractivity contribution in [3.8, 4) is 0 Å². The summed E-state index contributed by atoms with van der Waals surface area (Å²) in [4.78, 5) is 16.4. The van der Waals surface area contributed by atoms with E-state index in [4.69, 9.17) is 5.11 Å². The summed E-state index contributed by atoms with van der Waals surface area (Å²) in [5.41, 5.74) is 0. The Kier molecular flexibility index (Phi) is 6.52. The van der Waals surface area contributed by atoms with Gasteiger partial charge >= 0.3 is 0 Å². The highest BCUT2D eigenvalue weighted by molar-refractivity contribution is 5.81. The summed E-state index contributed by atoms with van der Waals surface area (Å²) >= 11 is 0. The lowest BCUT2D eigenvalue weighted by atomic mass is 10.1. The number of hydrogen-bond acceptors (Lipinski definition) is 3. The Balaban J connectivity index is 2.51. The minimum atomic E-state index is -0.0970. The fraction of sp³-hybridized carbons (Fsp3) is 0.923. The summed E-state index contributed by atoms with van der Waals surface area (Å²) in [5.74, 6) is 0.228. The van der Waals surface area contributed by atoms with Gasteiger partial charge in [0, 0.05) is 19.6 Å². The van der Waals surface area contributed by atoms with E-state index >= 15 is 0 Å². The smallest absolute Gasteiger partial charge is 0.239 e. The zero-order chi connectivity index (χ0) is 12.7. The van der Waals surface area contributed by atoms with Gasteiger partial charge in [0.05, 0.1) is 12.6 Å². The molecule has 100 valence electrons. The molecule has 0 aromatic rings. The Morgan fingerprint density at radius 3 is 2.47 bits per heavy atom. The molecule has 4 heteroatoms. The van der Waals surface area contributed by atoms with E-state index in [9.17, 15) is 4.79 Å². The molecule has 1 heterocycles. The molecule has 0 radical (unpaired) electrons. The predicted molar refractivity (Wildman–Crippen MR) is 68.8 cm³/mol. The Labute approximate surface area is 105 Å². The van der Waals surface area contributed by atoms with Crippen LogP contribution in [0.1, 0.15) is 39.5 Å². The van der Waals surface area contributed by atoms with E-state index in [1.165, 1.54) is 6.42 Å². The van der Waals surface area contributed by atoms with Gasteiger partial charge in [-0.05, 0) is 39.2 Å². The molecule has 1 aliphatic heterocycles. The fourth-order valence-corrected chi connectivity index (χ4v) is 2.45. The quantitative estimate of drug-likeness (QED) is 0.758. The number of carbonyl (C=O) groups is 1. The van der Waals surface area contributed by atoms with Gasteiger partial charge in [-0.25, -0.2) is 0 Å². The molecule has 1 amide bonds. The molecule has 1 rings (SSSR count). The lowest BCUT2D eigenvalue weighted by Gasteiger charge is -2.34. The number of aliphatic hydroxyl groups is 1. The van der Waals surface area contributed by atoms with Gasteiger partial charge in [0.1, 0.15) is 0 Å². The van der Waals surface area contributed by atoms with Crippen molar-refractivity contribution in [3.05, 3.63) is 0 Å². The van der Waals surface area contributed by atoms with E-state index in [2.05, 4.69) is 11.8 Å². The highest BCUT2D eigenvalue weighted by Gasteiger charge is 2.26. The van der Waals surface area contributed by atoms with Gasteiger partial charge in [-0.2, -0.15) is 0 Å². The van der Waals surface area contributed by atoms with Crippen LogP contribution in [-0.2, 0) is 4.79 Å². The molecule has 1 fully saturated rings. The van der Waals surface area contributed by atoms with Gasteiger partial charge in [0.2, 0.25) is 5.91 Å². The Bertz CT molecular complexity index is 221. The third-order valence-electron chi connectivity index (χ3n) is 3.47. The van der Waals surface area contributed by atoms with Gasteiger partial charge < -0.3 is 10.0 Å². The second kappa shape index (κ2) is 7.67. The molecule has 0 aromatic carbocycles. The van der Waals surface area contributed by atoms with Crippen LogP contribution in [0.2, 0.25) is 0 Å². The molecule has 1 aliphatic rings. The van der Waals surface area contributed by atoms with Gasteiger partial charge in [-0.1, -0.05) is 6.92 Å². The van der Waals surface area contributed by atoms with Crippen molar-refractivity contribution in [2.45, 2.75) is 45.6 Å². The number of amides is 1. The summed E-state index contributed by atoms with van der Waals surface area (Å²) in [7, 11) is 0. The standard InChI is InChI=1S/C13H26N2O2/c1-3-7-14(10-11-16)12(2)13(17)15-8-5-4-6-9-15/h12,16H,3-11H2,1-2H3. The second-order valence-electron chi connectivity index (χ2n) is 4.82. The minimum Gasteiger partial charge on any atom is -0.395 e. The highest BCUT2D eigenvalue weighted by Crippen LogP contribution is 2.12. The summed E-state index contributed by atoms with van der Waals surface area (Å²) in [5, 5.41) is 9.04. The van der Waals surface area contributed by atoms with Crippen molar-refractivity contribution in [2.75, 3.05) is 32.8 Å². The SMILES string of the molecule is CCCN(CCO)C(C)C(=O)N1CCCCC1. The van der Waals surface area contributed by atoms with Gasteiger partial charge in [0.15, 0.2) is 0 Å². The van der Waals surface area contributed by atoms with Crippen molar-refractivity contribution >= 4 is 5.91 Å². The summed E-state index contributed by atoms with van der Waals surface area (Å²) in [6, 6.07) is -0.0970. The van der Waals surface area contributed by atoms with Crippen LogP contribution in [0.4, 0.5) is 0 Å². The average Bonchev–Trinajstić information content (AvgIpc) is 2.38. The molecule has 0 aliphatic carbocycles. The van der Waals surface area contributed by atoms with E-state index in [1.807, 2.05) is 11.8 Å². The van der Waals surface area contributed by atoms with Crippen LogP contribution in [0.5, 0.6) is 0 Å². The summed E-state index contributed by atoms with van der Waals surface area (Å²) in [6.07, 6.45) is 4.52. The van der Waals surface area contributed by atoms with E-state index in [1.54, 1.807) is 0 Å². The Morgan fingerprint density at radius 1 is 1.29 bits per heavy atom.